The lowest BCUT2D eigenvalue weighted by Gasteiger charge is -2.43. The highest BCUT2D eigenvalue weighted by Crippen LogP contribution is 2.36. The van der Waals surface area contributed by atoms with Gasteiger partial charge in [-0.1, -0.05) is 13.8 Å². The SMILES string of the molecule is CC1(C)CCN(c2ccc(O)cc2)C(C(=O)C=O)C1. The van der Waals surface area contributed by atoms with Crippen LogP contribution in [0.4, 0.5) is 5.69 Å². The topological polar surface area (TPSA) is 57.6 Å². The van der Waals surface area contributed by atoms with Crippen molar-refractivity contribution in [3.8, 4) is 5.75 Å². The van der Waals surface area contributed by atoms with E-state index in [1.165, 1.54) is 0 Å². The second kappa shape index (κ2) is 5.03. The van der Waals surface area contributed by atoms with E-state index in [2.05, 4.69) is 13.8 Å². The number of ketones is 1. The molecule has 1 fully saturated rings. The Hall–Kier alpha value is -1.84. The third kappa shape index (κ3) is 2.95. The zero-order valence-corrected chi connectivity index (χ0v) is 11.3. The molecule has 0 amide bonds. The summed E-state index contributed by atoms with van der Waals surface area (Å²) in [5, 5.41) is 9.32. The third-order valence-electron chi connectivity index (χ3n) is 3.78. The maximum Gasteiger partial charge on any atom is 0.217 e. The molecule has 1 saturated heterocycles. The monoisotopic (exact) mass is 261 g/mol. The van der Waals surface area contributed by atoms with Crippen LogP contribution in [-0.2, 0) is 9.59 Å². The summed E-state index contributed by atoms with van der Waals surface area (Å²) < 4.78 is 0. The number of carbonyl (C=O) groups is 2. The molecule has 19 heavy (non-hydrogen) atoms. The molecule has 1 atom stereocenters. The van der Waals surface area contributed by atoms with E-state index in [0.717, 1.165) is 18.7 Å². The van der Waals surface area contributed by atoms with Crippen molar-refractivity contribution in [3.05, 3.63) is 24.3 Å². The lowest BCUT2D eigenvalue weighted by atomic mass is 9.77. The van der Waals surface area contributed by atoms with Gasteiger partial charge in [-0.15, -0.1) is 0 Å². The lowest BCUT2D eigenvalue weighted by molar-refractivity contribution is -0.131. The summed E-state index contributed by atoms with van der Waals surface area (Å²) in [7, 11) is 0. The van der Waals surface area contributed by atoms with Gasteiger partial charge in [-0.3, -0.25) is 9.59 Å². The van der Waals surface area contributed by atoms with Crippen molar-refractivity contribution in [2.24, 2.45) is 5.41 Å². The van der Waals surface area contributed by atoms with Crippen molar-refractivity contribution in [3.63, 3.8) is 0 Å². The molecule has 0 saturated carbocycles. The van der Waals surface area contributed by atoms with Crippen LogP contribution in [0.3, 0.4) is 0 Å². The van der Waals surface area contributed by atoms with Gasteiger partial charge in [0.2, 0.25) is 5.78 Å². The standard InChI is InChI=1S/C15H19NO3/c1-15(2)7-8-16(13(9-15)14(19)10-17)11-3-5-12(18)6-4-11/h3-6,10,13,18H,7-9H2,1-2H3. The van der Waals surface area contributed by atoms with Crippen LogP contribution in [0.25, 0.3) is 0 Å². The van der Waals surface area contributed by atoms with Crippen LogP contribution < -0.4 is 4.90 Å². The van der Waals surface area contributed by atoms with E-state index in [0.29, 0.717) is 12.7 Å². The van der Waals surface area contributed by atoms with Crippen LogP contribution in [0.1, 0.15) is 26.7 Å². The fourth-order valence-corrected chi connectivity index (χ4v) is 2.60. The van der Waals surface area contributed by atoms with E-state index >= 15 is 0 Å². The molecule has 2 rings (SSSR count). The summed E-state index contributed by atoms with van der Waals surface area (Å²) in [6.45, 7) is 4.97. The summed E-state index contributed by atoms with van der Waals surface area (Å²) >= 11 is 0. The number of nitrogens with zero attached hydrogens (tertiary/aromatic N) is 1. The average molecular weight is 261 g/mol. The van der Waals surface area contributed by atoms with Crippen LogP contribution in [0.15, 0.2) is 24.3 Å². The van der Waals surface area contributed by atoms with E-state index in [1.807, 2.05) is 4.90 Å². The number of aromatic hydroxyl groups is 1. The number of carbonyl (C=O) groups excluding carboxylic acids is 2. The molecule has 1 aliphatic heterocycles. The van der Waals surface area contributed by atoms with Gasteiger partial charge in [-0.05, 0) is 42.5 Å². The highest BCUT2D eigenvalue weighted by molar-refractivity contribution is 6.28. The van der Waals surface area contributed by atoms with Gasteiger partial charge in [-0.2, -0.15) is 0 Å². The van der Waals surface area contributed by atoms with E-state index in [1.54, 1.807) is 24.3 Å². The van der Waals surface area contributed by atoms with Gasteiger partial charge < -0.3 is 10.0 Å². The van der Waals surface area contributed by atoms with E-state index in [4.69, 9.17) is 0 Å². The zero-order chi connectivity index (χ0) is 14.0. The van der Waals surface area contributed by atoms with Crippen LogP contribution >= 0.6 is 0 Å². The number of phenols is 1. The molecular formula is C15H19NO3. The van der Waals surface area contributed by atoms with Crippen LogP contribution in [0.5, 0.6) is 5.75 Å². The molecule has 0 bridgehead atoms. The number of piperidine rings is 1. The second-order valence-electron chi connectivity index (χ2n) is 5.86. The first-order valence-corrected chi connectivity index (χ1v) is 6.48. The largest absolute Gasteiger partial charge is 0.508 e. The molecule has 0 aliphatic carbocycles. The number of anilines is 1. The fourth-order valence-electron chi connectivity index (χ4n) is 2.60. The van der Waals surface area contributed by atoms with Gasteiger partial charge in [0.1, 0.15) is 5.75 Å². The van der Waals surface area contributed by atoms with Crippen LogP contribution in [-0.4, -0.2) is 29.8 Å². The van der Waals surface area contributed by atoms with Gasteiger partial charge >= 0.3 is 0 Å². The fraction of sp³-hybridized carbons (Fsp3) is 0.467. The van der Waals surface area contributed by atoms with Crippen molar-refractivity contribution in [1.82, 2.24) is 0 Å². The molecule has 102 valence electrons. The molecule has 0 radical (unpaired) electrons. The van der Waals surface area contributed by atoms with Crippen molar-refractivity contribution in [2.45, 2.75) is 32.7 Å². The normalized spacial score (nSPS) is 22.0. The summed E-state index contributed by atoms with van der Waals surface area (Å²) in [5.41, 5.74) is 0.935. The molecule has 1 aromatic rings. The van der Waals surface area contributed by atoms with E-state index in [9.17, 15) is 14.7 Å². The predicted molar refractivity (Wildman–Crippen MR) is 73.3 cm³/mol. The summed E-state index contributed by atoms with van der Waals surface area (Å²) in [6, 6.07) is 6.35. The molecule has 1 heterocycles. The first-order chi connectivity index (χ1) is 8.93. The Morgan fingerprint density at radius 1 is 1.37 bits per heavy atom. The number of Topliss-reactive ketones (excluding diaryl/α,β-unsaturated/α-hetero) is 1. The van der Waals surface area contributed by atoms with Gasteiger partial charge in [0.25, 0.3) is 0 Å². The Morgan fingerprint density at radius 2 is 2.00 bits per heavy atom. The Kier molecular flexibility index (Phi) is 3.60. The Bertz CT molecular complexity index is 479. The van der Waals surface area contributed by atoms with Gasteiger partial charge in [0.05, 0.1) is 6.04 Å². The smallest absolute Gasteiger partial charge is 0.217 e. The van der Waals surface area contributed by atoms with Crippen molar-refractivity contribution >= 4 is 17.8 Å². The van der Waals surface area contributed by atoms with Crippen LogP contribution in [0.2, 0.25) is 0 Å². The Balaban J connectivity index is 2.29. The van der Waals surface area contributed by atoms with Crippen molar-refractivity contribution < 1.29 is 14.7 Å². The molecule has 1 unspecified atom stereocenters. The summed E-state index contributed by atoms with van der Waals surface area (Å²) in [5.74, 6) is -0.180. The molecule has 4 nitrogen and oxygen atoms in total. The lowest BCUT2D eigenvalue weighted by Crippen LogP contribution is -2.50. The average Bonchev–Trinajstić information content (AvgIpc) is 2.38. The highest BCUT2D eigenvalue weighted by Gasteiger charge is 2.37. The highest BCUT2D eigenvalue weighted by atomic mass is 16.3. The van der Waals surface area contributed by atoms with Crippen LogP contribution in [0, 0.1) is 5.41 Å². The number of hydrogen-bond acceptors (Lipinski definition) is 4. The van der Waals surface area contributed by atoms with Crippen molar-refractivity contribution in [1.29, 1.82) is 0 Å². The maximum atomic E-state index is 11.8. The molecule has 0 spiro atoms. The number of aldehydes is 1. The molecule has 1 N–H and O–H groups in total. The van der Waals surface area contributed by atoms with Gasteiger partial charge in [0.15, 0.2) is 6.29 Å². The molecule has 1 aromatic carbocycles. The minimum Gasteiger partial charge on any atom is -0.508 e. The molecular weight excluding hydrogens is 242 g/mol. The van der Waals surface area contributed by atoms with E-state index in [-0.39, 0.29) is 16.9 Å². The second-order valence-corrected chi connectivity index (χ2v) is 5.86. The zero-order valence-electron chi connectivity index (χ0n) is 11.3. The van der Waals surface area contributed by atoms with E-state index < -0.39 is 6.04 Å². The number of phenolic OH excluding ortho intramolecular Hbond substituents is 1. The van der Waals surface area contributed by atoms with Crippen molar-refractivity contribution in [2.75, 3.05) is 11.4 Å². The number of rotatable bonds is 3. The minimum absolute atomic E-state index is 0.0662. The first kappa shape index (κ1) is 13.6. The van der Waals surface area contributed by atoms with Gasteiger partial charge in [0, 0.05) is 12.2 Å². The summed E-state index contributed by atoms with van der Waals surface area (Å²) in [4.78, 5) is 24.6. The number of benzene rings is 1. The molecule has 1 aliphatic rings. The first-order valence-electron chi connectivity index (χ1n) is 6.48. The summed E-state index contributed by atoms with van der Waals surface area (Å²) in [6.07, 6.45) is 2.06. The predicted octanol–water partition coefficient (Wildman–Crippen LogP) is 2.16. The van der Waals surface area contributed by atoms with Gasteiger partial charge in [-0.25, -0.2) is 0 Å². The molecule has 4 heteroatoms. The Labute approximate surface area is 113 Å². The third-order valence-corrected chi connectivity index (χ3v) is 3.78. The minimum atomic E-state index is -0.397. The Morgan fingerprint density at radius 3 is 2.58 bits per heavy atom. The molecule has 0 aromatic heterocycles. The number of hydrogen-bond donors (Lipinski definition) is 1. The quantitative estimate of drug-likeness (QED) is 0.669. The maximum absolute atomic E-state index is 11.8.